The minimum Gasteiger partial charge on any atom is -0.504 e. The zero-order valence-corrected chi connectivity index (χ0v) is 30.0. The molecule has 0 amide bonds. The summed E-state index contributed by atoms with van der Waals surface area (Å²) in [6, 6.07) is 18.7. The lowest BCUT2D eigenvalue weighted by molar-refractivity contribution is 0.461. The van der Waals surface area contributed by atoms with Crippen LogP contribution in [0.2, 0.25) is 0 Å². The van der Waals surface area contributed by atoms with Crippen LogP contribution in [0, 0.1) is 34.6 Å². The van der Waals surface area contributed by atoms with E-state index in [-0.39, 0.29) is 15.9 Å². The molecular weight excluding hydrogens is 651 g/mol. The second-order valence-corrected chi connectivity index (χ2v) is 16.3. The first-order chi connectivity index (χ1) is 21.9. The number of benzene rings is 3. The lowest BCUT2D eigenvalue weighted by atomic mass is 9.83. The predicted octanol–water partition coefficient (Wildman–Crippen LogP) is 8.35. The van der Waals surface area contributed by atoms with Gasteiger partial charge in [-0.25, -0.2) is 0 Å². The first kappa shape index (κ1) is 34.3. The first-order valence-electron chi connectivity index (χ1n) is 14.9. The van der Waals surface area contributed by atoms with Gasteiger partial charge in [-0.3, -0.25) is 14.1 Å². The Morgan fingerprint density at radius 2 is 1.32 bits per heavy atom. The van der Waals surface area contributed by atoms with E-state index < -0.39 is 26.7 Å². The summed E-state index contributed by atoms with van der Waals surface area (Å²) in [7, 11) is -2.10. The average molecular weight is 688 g/mol. The fraction of sp³-hybridized carbons (Fsp3) is 0.243. The summed E-state index contributed by atoms with van der Waals surface area (Å²) >= 11 is 3.83. The average Bonchev–Trinajstić information content (AvgIpc) is 3.54. The molecule has 2 aromatic heterocycles. The van der Waals surface area contributed by atoms with Crippen LogP contribution < -0.4 is 15.8 Å². The first-order valence-corrected chi connectivity index (χ1v) is 18.0. The molecule has 0 spiro atoms. The number of nitrogens with zero attached hydrogens (tertiary/aromatic N) is 1. The Morgan fingerprint density at radius 1 is 0.787 bits per heavy atom. The minimum absolute atomic E-state index is 0.0666. The van der Waals surface area contributed by atoms with Crippen LogP contribution in [-0.2, 0) is 15.5 Å². The molecule has 47 heavy (non-hydrogen) atoms. The Hall–Kier alpha value is -4.09. The van der Waals surface area contributed by atoms with Crippen molar-refractivity contribution in [1.29, 1.82) is 0 Å². The van der Waals surface area contributed by atoms with Crippen LogP contribution in [0.25, 0.3) is 26.2 Å². The van der Waals surface area contributed by atoms with Crippen molar-refractivity contribution in [2.45, 2.75) is 58.8 Å². The fourth-order valence-electron chi connectivity index (χ4n) is 5.82. The number of rotatable bonds is 2. The van der Waals surface area contributed by atoms with Gasteiger partial charge in [-0.2, -0.15) is 8.42 Å². The Labute approximate surface area is 282 Å². The zero-order chi connectivity index (χ0) is 34.6. The maximum atomic E-state index is 11.5. The summed E-state index contributed by atoms with van der Waals surface area (Å²) in [6.07, 6.45) is 1.62. The molecule has 2 N–H and O–H groups in total. The largest absolute Gasteiger partial charge is 0.504 e. The minimum atomic E-state index is -4.02. The molecule has 0 radical (unpaired) electrons. The molecule has 0 aliphatic carbocycles. The third kappa shape index (κ3) is 6.30. The van der Waals surface area contributed by atoms with Crippen LogP contribution in [-0.4, -0.2) is 25.1 Å². The molecule has 0 fully saturated rings. The van der Waals surface area contributed by atoms with Crippen LogP contribution in [0.1, 0.15) is 51.4 Å². The van der Waals surface area contributed by atoms with Crippen molar-refractivity contribution in [1.82, 2.24) is 0 Å². The number of fused-ring (bicyclic) bond motifs is 3. The lowest BCUT2D eigenvalue weighted by Gasteiger charge is -2.24. The van der Waals surface area contributed by atoms with Crippen molar-refractivity contribution in [3.05, 3.63) is 124 Å². The summed E-state index contributed by atoms with van der Waals surface area (Å²) in [5.41, 5.74) is 5.39. The lowest BCUT2D eigenvalue weighted by Crippen LogP contribution is -2.33. The molecule has 244 valence electrons. The van der Waals surface area contributed by atoms with Crippen LogP contribution in [0.5, 0.6) is 5.75 Å². The topological polar surface area (TPSA) is 112 Å². The van der Waals surface area contributed by atoms with E-state index in [4.69, 9.17) is 4.55 Å². The number of aryl methyl sites for hydroxylation is 5. The van der Waals surface area contributed by atoms with E-state index in [1.165, 1.54) is 53.2 Å². The maximum absolute atomic E-state index is 11.5. The van der Waals surface area contributed by atoms with E-state index in [2.05, 4.69) is 59.7 Å². The highest BCUT2D eigenvalue weighted by Crippen LogP contribution is 2.47. The number of hydrogen-bond donors (Lipinski definition) is 2. The highest BCUT2D eigenvalue weighted by Gasteiger charge is 2.38. The van der Waals surface area contributed by atoms with Crippen LogP contribution in [0.15, 0.2) is 80.8 Å². The summed E-state index contributed by atoms with van der Waals surface area (Å²) < 4.78 is 32.4. The third-order valence-corrected chi connectivity index (χ3v) is 12.1. The molecule has 0 unspecified atom stereocenters. The van der Waals surface area contributed by atoms with Crippen molar-refractivity contribution < 1.29 is 18.1 Å². The number of para-hydroxylation sites is 1. The normalized spacial score (nSPS) is 14.7. The highest BCUT2D eigenvalue weighted by molar-refractivity contribution is 7.85. The Balaban J connectivity index is 0.000000145. The Morgan fingerprint density at radius 3 is 1.81 bits per heavy atom. The van der Waals surface area contributed by atoms with Crippen molar-refractivity contribution in [2.24, 2.45) is 0 Å². The fourth-order valence-corrected chi connectivity index (χ4v) is 8.55. The summed E-state index contributed by atoms with van der Waals surface area (Å²) in [5.74, 6) is -0.428. The molecule has 1 aliphatic rings. The molecule has 6 aromatic rings. The van der Waals surface area contributed by atoms with Crippen molar-refractivity contribution >= 4 is 64.7 Å². The second kappa shape index (κ2) is 12.5. The van der Waals surface area contributed by atoms with E-state index in [0.717, 1.165) is 22.5 Å². The standard InChI is InChI=1S/C16H15NO3.C14H14S2.C7H8O3S/c1-16(2)10-6-4-5-7-11(10)17(3)12(16)8-9-13(18)15(20)14(9)19;1-7-9(3)15-13-6-14-12(5-11(7)13)8(2)10(4)16-14;1-6-2-4-7(5-3-6)11(8,9)10/h4-8,18H,1-3H3;5-6H,1-4H3;2-5H,1H3,(H,8,9,10). The van der Waals surface area contributed by atoms with Gasteiger partial charge in [0.25, 0.3) is 15.5 Å². The molecule has 7 rings (SSSR count). The molecule has 0 bridgehead atoms. The van der Waals surface area contributed by atoms with Crippen molar-refractivity contribution in [2.75, 3.05) is 11.9 Å². The molecule has 0 atom stereocenters. The second-order valence-electron chi connectivity index (χ2n) is 12.4. The van der Waals surface area contributed by atoms with Gasteiger partial charge in [0.05, 0.1) is 10.5 Å². The number of anilines is 1. The van der Waals surface area contributed by atoms with Gasteiger partial charge in [-0.15, -0.1) is 22.7 Å². The molecule has 1 aliphatic heterocycles. The SMILES string of the molecule is CN1C(=Cc2c(O)c(=O)c2=O)C(C)(C)c2ccccc21.Cc1ccc(S(=O)(=O)O)cc1.Cc1sc2cc3sc(C)c(C)c3cc2c1C. The maximum Gasteiger partial charge on any atom is 0.294 e. The molecular formula is C37H37NO6S3. The zero-order valence-electron chi connectivity index (χ0n) is 27.6. The van der Waals surface area contributed by atoms with Gasteiger partial charge in [0.1, 0.15) is 0 Å². The van der Waals surface area contributed by atoms with E-state index in [0.29, 0.717) is 0 Å². The number of hydrogen-bond acceptors (Lipinski definition) is 8. The molecule has 0 saturated carbocycles. The molecule has 4 aromatic carbocycles. The molecule has 0 saturated heterocycles. The van der Waals surface area contributed by atoms with E-state index >= 15 is 0 Å². The van der Waals surface area contributed by atoms with Gasteiger partial charge >= 0.3 is 0 Å². The van der Waals surface area contributed by atoms with Gasteiger partial charge in [0.15, 0.2) is 5.75 Å². The van der Waals surface area contributed by atoms with Crippen LogP contribution in [0.4, 0.5) is 5.69 Å². The Kier molecular flexibility index (Phi) is 9.11. The quantitative estimate of drug-likeness (QED) is 0.139. The summed E-state index contributed by atoms with van der Waals surface area (Å²) in [5, 5.41) is 12.4. The van der Waals surface area contributed by atoms with Crippen LogP contribution in [0.3, 0.4) is 0 Å². The number of thiophene rings is 2. The van der Waals surface area contributed by atoms with Gasteiger partial charge in [0.2, 0.25) is 5.43 Å². The summed E-state index contributed by atoms with van der Waals surface area (Å²) in [4.78, 5) is 27.4. The molecule has 10 heteroatoms. The number of allylic oxidation sites excluding steroid dienone is 1. The van der Waals surface area contributed by atoms with Gasteiger partial charge in [-0.05, 0) is 98.5 Å². The van der Waals surface area contributed by atoms with E-state index in [1.807, 2.05) is 59.7 Å². The number of likely N-dealkylation sites (N-methyl/N-ethyl adjacent to an activating group) is 1. The van der Waals surface area contributed by atoms with Crippen molar-refractivity contribution in [3.63, 3.8) is 0 Å². The van der Waals surface area contributed by atoms with Gasteiger partial charge < -0.3 is 10.0 Å². The smallest absolute Gasteiger partial charge is 0.294 e. The van der Waals surface area contributed by atoms with Gasteiger partial charge in [-0.1, -0.05) is 49.7 Å². The highest BCUT2D eigenvalue weighted by atomic mass is 32.2. The Bertz CT molecular complexity index is 2310. The van der Waals surface area contributed by atoms with Crippen molar-refractivity contribution in [3.8, 4) is 5.75 Å². The molecule has 7 nitrogen and oxygen atoms in total. The predicted molar refractivity (Wildman–Crippen MR) is 196 cm³/mol. The molecule has 3 heterocycles. The van der Waals surface area contributed by atoms with E-state index in [1.54, 1.807) is 18.2 Å². The van der Waals surface area contributed by atoms with E-state index in [9.17, 15) is 23.1 Å². The summed E-state index contributed by atoms with van der Waals surface area (Å²) in [6.45, 7) is 14.8. The van der Waals surface area contributed by atoms with Gasteiger partial charge in [0, 0.05) is 43.0 Å². The number of aromatic hydroxyl groups is 1. The van der Waals surface area contributed by atoms with Crippen LogP contribution >= 0.6 is 22.7 Å². The third-order valence-electron chi connectivity index (χ3n) is 8.93. The monoisotopic (exact) mass is 687 g/mol.